The Bertz CT molecular complexity index is 832. The van der Waals surface area contributed by atoms with Crippen LogP contribution in [0.4, 0.5) is 10.5 Å². The average molecular weight is 387 g/mol. The summed E-state index contributed by atoms with van der Waals surface area (Å²) in [5.74, 6) is 0.345. The number of carbonyl (C=O) groups excluding carboxylic acids is 2. The number of furan rings is 1. The van der Waals surface area contributed by atoms with Crippen molar-refractivity contribution in [3.8, 4) is 0 Å². The van der Waals surface area contributed by atoms with Gasteiger partial charge in [-0.2, -0.15) is 0 Å². The van der Waals surface area contributed by atoms with Crippen LogP contribution in [0.25, 0.3) is 11.1 Å². The predicted octanol–water partition coefficient (Wildman–Crippen LogP) is 4.49. The highest BCUT2D eigenvalue weighted by Crippen LogP contribution is 2.32. The first-order valence-electron chi connectivity index (χ1n) is 9.85. The summed E-state index contributed by atoms with van der Waals surface area (Å²) in [7, 11) is 0. The Morgan fingerprint density at radius 2 is 1.93 bits per heavy atom. The molecule has 0 aromatic carbocycles. The van der Waals surface area contributed by atoms with Gasteiger partial charge in [0.1, 0.15) is 5.60 Å². The molecule has 28 heavy (non-hydrogen) atoms. The number of ether oxygens (including phenoxy) is 1. The highest BCUT2D eigenvalue weighted by Gasteiger charge is 2.30. The zero-order valence-corrected chi connectivity index (χ0v) is 17.0. The van der Waals surface area contributed by atoms with Crippen molar-refractivity contribution in [1.29, 1.82) is 0 Å². The minimum absolute atomic E-state index is 0.0182. The van der Waals surface area contributed by atoms with Crippen LogP contribution in [0, 0.1) is 11.8 Å². The van der Waals surface area contributed by atoms with Gasteiger partial charge in [-0.1, -0.05) is 0 Å². The number of anilines is 1. The lowest BCUT2D eigenvalue weighted by atomic mass is 9.78. The molecule has 1 fully saturated rings. The first-order chi connectivity index (χ1) is 13.2. The molecule has 0 spiro atoms. The van der Waals surface area contributed by atoms with E-state index in [1.807, 2.05) is 27.7 Å². The molecule has 2 aromatic heterocycles. The van der Waals surface area contributed by atoms with Crippen LogP contribution < -0.4 is 10.6 Å². The minimum Gasteiger partial charge on any atom is -0.446 e. The number of hydrogen-bond donors (Lipinski definition) is 2. The Morgan fingerprint density at radius 1 is 1.21 bits per heavy atom. The van der Waals surface area contributed by atoms with Gasteiger partial charge in [0.15, 0.2) is 0 Å². The number of nitrogens with one attached hydrogen (secondary N) is 2. The lowest BCUT2D eigenvalue weighted by molar-refractivity contribution is -0.121. The Hall–Kier alpha value is -2.57. The monoisotopic (exact) mass is 387 g/mol. The zero-order chi connectivity index (χ0) is 20.3. The molecule has 2 aromatic rings. The smallest absolute Gasteiger partial charge is 0.407 e. The molecule has 2 amide bonds. The molecule has 152 valence electrons. The van der Waals surface area contributed by atoms with E-state index in [1.54, 1.807) is 24.6 Å². The highest BCUT2D eigenvalue weighted by molar-refractivity contribution is 6.00. The Kier molecular flexibility index (Phi) is 5.91. The van der Waals surface area contributed by atoms with Gasteiger partial charge >= 0.3 is 6.09 Å². The van der Waals surface area contributed by atoms with Crippen molar-refractivity contribution in [3.63, 3.8) is 0 Å². The number of amides is 2. The summed E-state index contributed by atoms with van der Waals surface area (Å²) in [4.78, 5) is 28.8. The van der Waals surface area contributed by atoms with Crippen molar-refractivity contribution in [1.82, 2.24) is 10.3 Å². The molecule has 0 aliphatic heterocycles. The van der Waals surface area contributed by atoms with Gasteiger partial charge in [0, 0.05) is 18.2 Å². The number of nitrogens with zero attached hydrogens (tertiary/aromatic N) is 1. The predicted molar refractivity (Wildman–Crippen MR) is 107 cm³/mol. The lowest BCUT2D eigenvalue weighted by Crippen LogP contribution is -2.42. The van der Waals surface area contributed by atoms with Gasteiger partial charge in [-0.3, -0.25) is 4.79 Å². The van der Waals surface area contributed by atoms with Crippen molar-refractivity contribution in [2.75, 3.05) is 5.32 Å². The second-order valence-corrected chi connectivity index (χ2v) is 8.53. The fraction of sp³-hybridized carbons (Fsp3) is 0.571. The van der Waals surface area contributed by atoms with E-state index < -0.39 is 5.60 Å². The maximum absolute atomic E-state index is 12.7. The van der Waals surface area contributed by atoms with Crippen molar-refractivity contribution in [3.05, 3.63) is 24.6 Å². The second-order valence-electron chi connectivity index (χ2n) is 8.53. The first kappa shape index (κ1) is 20.2. The second kappa shape index (κ2) is 8.20. The maximum atomic E-state index is 12.7. The van der Waals surface area contributed by atoms with Crippen molar-refractivity contribution >= 4 is 28.8 Å². The number of alkyl carbamates (subject to hydrolysis) is 1. The molecule has 1 aliphatic carbocycles. The fourth-order valence-electron chi connectivity index (χ4n) is 3.71. The van der Waals surface area contributed by atoms with Gasteiger partial charge in [0.05, 0.1) is 17.3 Å². The summed E-state index contributed by atoms with van der Waals surface area (Å²) >= 11 is 0. The van der Waals surface area contributed by atoms with Crippen molar-refractivity contribution in [2.45, 2.75) is 65.0 Å². The van der Waals surface area contributed by atoms with Crippen LogP contribution in [0.5, 0.6) is 0 Å². The largest absolute Gasteiger partial charge is 0.446 e. The van der Waals surface area contributed by atoms with Crippen LogP contribution in [0.15, 0.2) is 29.0 Å². The van der Waals surface area contributed by atoms with Gasteiger partial charge in [-0.15, -0.1) is 0 Å². The molecule has 1 saturated carbocycles. The van der Waals surface area contributed by atoms with Crippen molar-refractivity contribution < 1.29 is 18.7 Å². The van der Waals surface area contributed by atoms with Crippen LogP contribution in [-0.4, -0.2) is 28.6 Å². The summed E-state index contributed by atoms with van der Waals surface area (Å²) in [5.41, 5.74) is 0.738. The number of carbonyl (C=O) groups is 2. The van der Waals surface area contributed by atoms with Gasteiger partial charge in [-0.25, -0.2) is 9.78 Å². The SMILES string of the molecule is CC(NC(=O)OC(C)(C)C)C1CCC(C(=O)Nc2ccnc3occc23)CC1. The highest BCUT2D eigenvalue weighted by atomic mass is 16.6. The lowest BCUT2D eigenvalue weighted by Gasteiger charge is -2.32. The summed E-state index contributed by atoms with van der Waals surface area (Å²) in [6.45, 7) is 7.55. The van der Waals surface area contributed by atoms with E-state index in [0.717, 1.165) is 36.8 Å². The molecular weight excluding hydrogens is 358 g/mol. The van der Waals surface area contributed by atoms with Gasteiger partial charge < -0.3 is 19.8 Å². The van der Waals surface area contributed by atoms with Gasteiger partial charge in [0.2, 0.25) is 11.6 Å². The van der Waals surface area contributed by atoms with Crippen LogP contribution in [0.2, 0.25) is 0 Å². The number of fused-ring (bicyclic) bond motifs is 1. The molecule has 2 N–H and O–H groups in total. The fourth-order valence-corrected chi connectivity index (χ4v) is 3.71. The van der Waals surface area contributed by atoms with E-state index in [9.17, 15) is 9.59 Å². The minimum atomic E-state index is -0.507. The van der Waals surface area contributed by atoms with Crippen LogP contribution in [0.3, 0.4) is 0 Å². The van der Waals surface area contributed by atoms with E-state index in [4.69, 9.17) is 9.15 Å². The number of aromatic nitrogens is 1. The molecule has 1 aliphatic rings. The number of hydrogen-bond acceptors (Lipinski definition) is 5. The number of rotatable bonds is 4. The maximum Gasteiger partial charge on any atom is 0.407 e. The third-order valence-corrected chi connectivity index (χ3v) is 5.22. The zero-order valence-electron chi connectivity index (χ0n) is 17.0. The summed E-state index contributed by atoms with van der Waals surface area (Å²) < 4.78 is 10.6. The molecule has 2 heterocycles. The van der Waals surface area contributed by atoms with Gasteiger partial charge in [-0.05, 0) is 71.4 Å². The van der Waals surface area contributed by atoms with Crippen LogP contribution in [0.1, 0.15) is 53.4 Å². The molecule has 1 atom stereocenters. The van der Waals surface area contributed by atoms with Crippen LogP contribution >= 0.6 is 0 Å². The topological polar surface area (TPSA) is 93.5 Å². The van der Waals surface area contributed by atoms with Crippen molar-refractivity contribution in [2.24, 2.45) is 11.8 Å². The quantitative estimate of drug-likeness (QED) is 0.806. The summed E-state index contributed by atoms with van der Waals surface area (Å²) in [6.07, 6.45) is 6.20. The average Bonchev–Trinajstić information content (AvgIpc) is 3.10. The van der Waals surface area contributed by atoms with E-state index in [0.29, 0.717) is 11.6 Å². The molecule has 7 heteroatoms. The molecule has 1 unspecified atom stereocenters. The summed E-state index contributed by atoms with van der Waals surface area (Å²) in [6, 6.07) is 3.61. The standard InChI is InChI=1S/C21H29N3O4/c1-13(23-20(26)28-21(2,3)4)14-5-7-15(8-6-14)18(25)24-17-9-11-22-19-16(17)10-12-27-19/h9-15H,5-8H2,1-4H3,(H,23,26)(H,22,24,25). The molecule has 0 saturated heterocycles. The molecule has 3 rings (SSSR count). The number of pyridine rings is 1. The normalized spacial score (nSPS) is 21.1. The molecular formula is C21H29N3O4. The molecule has 7 nitrogen and oxygen atoms in total. The molecule has 0 bridgehead atoms. The van der Waals surface area contributed by atoms with Gasteiger partial charge in [0.25, 0.3) is 0 Å². The Morgan fingerprint density at radius 3 is 2.61 bits per heavy atom. The Labute approximate surface area is 165 Å². The summed E-state index contributed by atoms with van der Waals surface area (Å²) in [5, 5.41) is 6.75. The van der Waals surface area contributed by atoms with E-state index in [2.05, 4.69) is 15.6 Å². The third-order valence-electron chi connectivity index (χ3n) is 5.22. The first-order valence-corrected chi connectivity index (χ1v) is 9.85. The van der Waals surface area contributed by atoms with E-state index in [-0.39, 0.29) is 24.0 Å². The van der Waals surface area contributed by atoms with Crippen LogP contribution in [-0.2, 0) is 9.53 Å². The van der Waals surface area contributed by atoms with E-state index in [1.165, 1.54) is 0 Å². The molecule has 0 radical (unpaired) electrons. The Balaban J connectivity index is 1.50. The van der Waals surface area contributed by atoms with E-state index >= 15 is 0 Å². The third kappa shape index (κ3) is 5.03.